The van der Waals surface area contributed by atoms with Crippen LogP contribution in [0.3, 0.4) is 0 Å². The lowest BCUT2D eigenvalue weighted by Crippen LogP contribution is -2.26. The first-order valence-corrected chi connectivity index (χ1v) is 11.9. The molecule has 35 heavy (non-hydrogen) atoms. The lowest BCUT2D eigenvalue weighted by Gasteiger charge is -2.23. The van der Waals surface area contributed by atoms with E-state index < -0.39 is 11.3 Å². The van der Waals surface area contributed by atoms with Gasteiger partial charge in [-0.05, 0) is 73.7 Å². The molecule has 8 heteroatoms. The Morgan fingerprint density at radius 1 is 1.11 bits per heavy atom. The highest BCUT2D eigenvalue weighted by atomic mass is 16.2. The van der Waals surface area contributed by atoms with E-state index in [2.05, 4.69) is 39.7 Å². The minimum absolute atomic E-state index is 0.102. The predicted octanol–water partition coefficient (Wildman–Crippen LogP) is 3.65. The van der Waals surface area contributed by atoms with Crippen molar-refractivity contribution in [2.24, 2.45) is 5.73 Å². The predicted molar refractivity (Wildman–Crippen MR) is 138 cm³/mol. The molecule has 2 aromatic heterocycles. The molecule has 0 atom stereocenters. The van der Waals surface area contributed by atoms with Gasteiger partial charge in [-0.15, -0.1) is 0 Å². The quantitative estimate of drug-likeness (QED) is 0.398. The number of fused-ring (bicyclic) bond motifs is 1. The first kappa shape index (κ1) is 22.7. The number of carbonyl (C=O) groups excluding carboxylic acids is 1. The number of anilines is 2. The van der Waals surface area contributed by atoms with Crippen LogP contribution >= 0.6 is 0 Å². The molecule has 0 spiro atoms. The van der Waals surface area contributed by atoms with Crippen LogP contribution in [0.5, 0.6) is 0 Å². The molecule has 5 rings (SSSR count). The lowest BCUT2D eigenvalue weighted by atomic mass is 9.90. The van der Waals surface area contributed by atoms with Gasteiger partial charge in [0.1, 0.15) is 5.56 Å². The zero-order valence-corrected chi connectivity index (χ0v) is 19.6. The summed E-state index contributed by atoms with van der Waals surface area (Å²) in [5, 5.41) is 6.87. The summed E-state index contributed by atoms with van der Waals surface area (Å²) >= 11 is 0. The number of nitrogens with two attached hydrogens (primary N) is 1. The highest BCUT2D eigenvalue weighted by Gasteiger charge is 2.17. The normalized spacial score (nSPS) is 14.2. The number of primary amides is 1. The Labute approximate surface area is 203 Å². The van der Waals surface area contributed by atoms with Gasteiger partial charge in [-0.25, -0.2) is 4.98 Å². The molecule has 0 aliphatic carbocycles. The van der Waals surface area contributed by atoms with E-state index in [1.165, 1.54) is 23.5 Å². The Balaban J connectivity index is 1.52. The Kier molecular flexibility index (Phi) is 6.29. The topological polar surface area (TPSA) is 115 Å². The van der Waals surface area contributed by atoms with E-state index >= 15 is 0 Å². The summed E-state index contributed by atoms with van der Waals surface area (Å²) in [4.78, 5) is 33.8. The summed E-state index contributed by atoms with van der Waals surface area (Å²) in [5.41, 5.74) is 9.44. The number of carbonyl (C=O) groups is 1. The third-order valence-electron chi connectivity index (χ3n) is 6.61. The molecule has 3 heterocycles. The maximum atomic E-state index is 12.9. The van der Waals surface area contributed by atoms with Crippen LogP contribution < -0.4 is 21.8 Å². The molecule has 0 saturated carbocycles. The number of nitrogens with one attached hydrogen (secondary N) is 2. The maximum Gasteiger partial charge on any atom is 0.254 e. The zero-order valence-electron chi connectivity index (χ0n) is 19.6. The summed E-state index contributed by atoms with van der Waals surface area (Å²) in [6, 6.07) is 16.2. The van der Waals surface area contributed by atoms with E-state index in [4.69, 9.17) is 5.73 Å². The number of benzene rings is 2. The van der Waals surface area contributed by atoms with Gasteiger partial charge in [0.25, 0.3) is 5.91 Å². The van der Waals surface area contributed by atoms with Gasteiger partial charge in [0.05, 0.1) is 5.39 Å². The molecule has 178 valence electrons. The van der Waals surface area contributed by atoms with Gasteiger partial charge in [0, 0.05) is 23.8 Å². The molecule has 1 amide bonds. The number of piperidine rings is 1. The van der Waals surface area contributed by atoms with E-state index in [0.717, 1.165) is 43.7 Å². The first-order chi connectivity index (χ1) is 17.0. The minimum Gasteiger partial charge on any atom is -0.365 e. The first-order valence-electron chi connectivity index (χ1n) is 11.9. The highest BCUT2D eigenvalue weighted by Crippen LogP contribution is 2.27. The van der Waals surface area contributed by atoms with Gasteiger partial charge in [-0.2, -0.15) is 4.98 Å². The maximum absolute atomic E-state index is 12.9. The van der Waals surface area contributed by atoms with Crippen LogP contribution in [-0.2, 0) is 6.42 Å². The van der Waals surface area contributed by atoms with Gasteiger partial charge in [0.15, 0.2) is 5.65 Å². The minimum atomic E-state index is -0.785. The van der Waals surface area contributed by atoms with E-state index in [0.29, 0.717) is 17.5 Å². The second-order valence-electron chi connectivity index (χ2n) is 8.83. The smallest absolute Gasteiger partial charge is 0.254 e. The van der Waals surface area contributed by atoms with Crippen LogP contribution in [0.4, 0.5) is 11.6 Å². The Hall–Kier alpha value is -4.04. The molecule has 4 N–H and O–H groups in total. The van der Waals surface area contributed by atoms with Crippen molar-refractivity contribution in [1.29, 1.82) is 0 Å². The number of rotatable bonds is 6. The van der Waals surface area contributed by atoms with Crippen LogP contribution in [0.15, 0.2) is 65.7 Å². The van der Waals surface area contributed by atoms with Crippen molar-refractivity contribution >= 4 is 28.6 Å². The molecule has 1 aliphatic rings. The largest absolute Gasteiger partial charge is 0.365 e. The molecule has 2 aromatic carbocycles. The zero-order chi connectivity index (χ0) is 24.4. The van der Waals surface area contributed by atoms with Gasteiger partial charge in [-0.1, -0.05) is 31.2 Å². The number of hydrogen-bond acceptors (Lipinski definition) is 6. The van der Waals surface area contributed by atoms with Gasteiger partial charge in [0.2, 0.25) is 11.4 Å². The molecule has 0 radical (unpaired) electrons. The monoisotopic (exact) mass is 468 g/mol. The second kappa shape index (κ2) is 9.68. The van der Waals surface area contributed by atoms with Crippen LogP contribution in [0.25, 0.3) is 16.7 Å². The third kappa shape index (κ3) is 4.65. The second-order valence-corrected chi connectivity index (χ2v) is 8.83. The van der Waals surface area contributed by atoms with Crippen molar-refractivity contribution in [3.8, 4) is 5.69 Å². The lowest BCUT2D eigenvalue weighted by molar-refractivity contribution is 0.0999. The molecule has 1 aliphatic heterocycles. The van der Waals surface area contributed by atoms with Gasteiger partial charge < -0.3 is 20.9 Å². The van der Waals surface area contributed by atoms with E-state index in [1.807, 2.05) is 36.4 Å². The average Bonchev–Trinajstić information content (AvgIpc) is 2.90. The fraction of sp³-hybridized carbons (Fsp3) is 0.259. The summed E-state index contributed by atoms with van der Waals surface area (Å²) in [7, 11) is 0. The Morgan fingerprint density at radius 2 is 1.83 bits per heavy atom. The fourth-order valence-electron chi connectivity index (χ4n) is 4.56. The molecule has 1 fully saturated rings. The Bertz CT molecular complexity index is 1420. The van der Waals surface area contributed by atoms with Gasteiger partial charge in [-0.3, -0.25) is 9.59 Å². The molecule has 0 unspecified atom stereocenters. The van der Waals surface area contributed by atoms with Crippen LogP contribution in [-0.4, -0.2) is 33.5 Å². The SMILES string of the molecule is CCc1ccc(-n2cc(C(N)=O)c(=O)c3cnc(Nc4ccc(C5CCNCC5)cc4)nc32)cc1. The van der Waals surface area contributed by atoms with Crippen molar-refractivity contribution in [2.45, 2.75) is 32.1 Å². The van der Waals surface area contributed by atoms with E-state index in [9.17, 15) is 9.59 Å². The molecule has 1 saturated heterocycles. The number of hydrogen-bond donors (Lipinski definition) is 3. The standard InChI is InChI=1S/C27H28N6O2/c1-2-17-3-9-21(10-4-17)33-16-23(25(28)35)24(34)22-15-30-27(32-26(22)33)31-20-7-5-18(6-8-20)19-11-13-29-14-12-19/h3-10,15-16,19,29H,2,11-14H2,1H3,(H2,28,35)(H,30,31,32). The number of pyridine rings is 1. The third-order valence-corrected chi connectivity index (χ3v) is 6.61. The highest BCUT2D eigenvalue weighted by molar-refractivity contribution is 5.96. The summed E-state index contributed by atoms with van der Waals surface area (Å²) in [6.45, 7) is 4.19. The molecular formula is C27H28N6O2. The summed E-state index contributed by atoms with van der Waals surface area (Å²) < 4.78 is 1.71. The van der Waals surface area contributed by atoms with Crippen molar-refractivity contribution in [3.63, 3.8) is 0 Å². The number of aromatic nitrogens is 3. The fourth-order valence-corrected chi connectivity index (χ4v) is 4.56. The van der Waals surface area contributed by atoms with Crippen LogP contribution in [0, 0.1) is 0 Å². The average molecular weight is 469 g/mol. The Morgan fingerprint density at radius 3 is 2.49 bits per heavy atom. The van der Waals surface area contributed by atoms with Crippen LogP contribution in [0.2, 0.25) is 0 Å². The van der Waals surface area contributed by atoms with E-state index in [-0.39, 0.29) is 10.9 Å². The summed E-state index contributed by atoms with van der Waals surface area (Å²) in [6.07, 6.45) is 6.10. The summed E-state index contributed by atoms with van der Waals surface area (Å²) in [5.74, 6) is 0.152. The molecule has 4 aromatic rings. The van der Waals surface area contributed by atoms with Gasteiger partial charge >= 0.3 is 0 Å². The van der Waals surface area contributed by atoms with Crippen molar-refractivity contribution in [1.82, 2.24) is 19.9 Å². The van der Waals surface area contributed by atoms with Crippen molar-refractivity contribution in [3.05, 3.63) is 87.8 Å². The van der Waals surface area contributed by atoms with E-state index in [1.54, 1.807) is 4.57 Å². The van der Waals surface area contributed by atoms with Crippen molar-refractivity contribution in [2.75, 3.05) is 18.4 Å². The van der Waals surface area contributed by atoms with Crippen LogP contribution in [0.1, 0.15) is 47.2 Å². The molecule has 8 nitrogen and oxygen atoms in total. The number of nitrogens with zero attached hydrogens (tertiary/aromatic N) is 3. The molecular weight excluding hydrogens is 440 g/mol. The number of aryl methyl sites for hydroxylation is 1. The number of amides is 1. The molecule has 0 bridgehead atoms. The van der Waals surface area contributed by atoms with Crippen molar-refractivity contribution < 1.29 is 4.79 Å².